The minimum Gasteiger partial charge on any atom is -0.206 e. The van der Waals surface area contributed by atoms with E-state index < -0.39 is 20.7 Å². The lowest BCUT2D eigenvalue weighted by Gasteiger charge is -2.23. The highest BCUT2D eigenvalue weighted by molar-refractivity contribution is 8.20. The van der Waals surface area contributed by atoms with Crippen LogP contribution < -0.4 is 4.13 Å². The summed E-state index contributed by atoms with van der Waals surface area (Å²) in [5, 5.41) is 0. The van der Waals surface area contributed by atoms with Gasteiger partial charge in [-0.1, -0.05) is 44.3 Å². The van der Waals surface area contributed by atoms with Crippen molar-refractivity contribution in [3.8, 4) is 0 Å². The van der Waals surface area contributed by atoms with Gasteiger partial charge >= 0.3 is 0 Å². The maximum absolute atomic E-state index is 12.1. The molecule has 0 bridgehead atoms. The molecule has 0 aliphatic heterocycles. The molecular weight excluding hydrogens is 254 g/mol. The molecule has 0 radical (unpaired) electrons. The van der Waals surface area contributed by atoms with Crippen molar-refractivity contribution in [1.29, 1.82) is 0 Å². The lowest BCUT2D eigenvalue weighted by Crippen LogP contribution is -2.26. The minimum atomic E-state index is -3.46. The van der Waals surface area contributed by atoms with Gasteiger partial charge in [0.2, 0.25) is 10.0 Å². The largest absolute Gasteiger partial charge is 0.249 e. The molecule has 0 aliphatic rings. The van der Waals surface area contributed by atoms with E-state index in [1.807, 2.05) is 27.7 Å². The average Bonchev–Trinajstić information content (AvgIpc) is 2.16. The van der Waals surface area contributed by atoms with E-state index in [-0.39, 0.29) is 9.64 Å². The fraction of sp³-hybridized carbons (Fsp3) is 0.417. The second kappa shape index (κ2) is 4.92. The summed E-state index contributed by atoms with van der Waals surface area (Å²) < 4.78 is 26.6. The molecule has 0 fully saturated rings. The fourth-order valence-electron chi connectivity index (χ4n) is 1.02. The van der Waals surface area contributed by atoms with Crippen LogP contribution in [0.25, 0.3) is 0 Å². The molecule has 0 amide bonds. The highest BCUT2D eigenvalue weighted by Crippen LogP contribution is 2.28. The van der Waals surface area contributed by atoms with Crippen molar-refractivity contribution in [2.75, 3.05) is 0 Å². The topological polar surface area (TPSA) is 46.2 Å². The van der Waals surface area contributed by atoms with Crippen molar-refractivity contribution < 1.29 is 8.42 Å². The molecule has 96 valence electrons. The Morgan fingerprint density at radius 3 is 2.06 bits per heavy atom. The normalized spacial score (nSPS) is 14.6. The molecule has 1 aromatic carbocycles. The second-order valence-corrected chi connectivity index (χ2v) is 9.05. The van der Waals surface area contributed by atoms with Gasteiger partial charge in [-0.05, 0) is 19.1 Å². The predicted molar refractivity (Wildman–Crippen MR) is 76.0 cm³/mol. The van der Waals surface area contributed by atoms with E-state index in [0.717, 1.165) is 5.56 Å². The molecule has 0 aromatic heterocycles. The van der Waals surface area contributed by atoms with Crippen molar-refractivity contribution in [2.45, 2.75) is 37.3 Å². The number of sulfonamides is 1. The van der Waals surface area contributed by atoms with Crippen LogP contribution in [0.4, 0.5) is 0 Å². The molecule has 0 aliphatic carbocycles. The summed E-state index contributed by atoms with van der Waals surface area (Å²) >= 11 is 0. The SMILES string of the molecule is C=S(NS(=O)(=O)c1ccc(C)cc1)C(C)(C)C. The van der Waals surface area contributed by atoms with Crippen LogP contribution in [0.2, 0.25) is 0 Å². The average molecular weight is 273 g/mol. The first-order chi connectivity index (χ1) is 7.63. The monoisotopic (exact) mass is 273 g/mol. The zero-order chi connectivity index (χ0) is 13.3. The summed E-state index contributed by atoms with van der Waals surface area (Å²) in [6.45, 7) is 7.80. The molecule has 0 spiro atoms. The quantitative estimate of drug-likeness (QED) is 0.861. The third-order valence-electron chi connectivity index (χ3n) is 2.28. The third kappa shape index (κ3) is 3.94. The number of benzene rings is 1. The van der Waals surface area contributed by atoms with E-state index in [4.69, 9.17) is 0 Å². The zero-order valence-corrected chi connectivity index (χ0v) is 12.3. The van der Waals surface area contributed by atoms with Crippen molar-refractivity contribution in [3.05, 3.63) is 29.8 Å². The summed E-state index contributed by atoms with van der Waals surface area (Å²) in [5.74, 6) is 3.88. The molecule has 0 saturated heterocycles. The molecule has 1 unspecified atom stereocenters. The van der Waals surface area contributed by atoms with Gasteiger partial charge in [-0.25, -0.2) is 8.42 Å². The van der Waals surface area contributed by atoms with E-state index in [0.29, 0.717) is 0 Å². The van der Waals surface area contributed by atoms with Crippen molar-refractivity contribution in [1.82, 2.24) is 4.13 Å². The van der Waals surface area contributed by atoms with Gasteiger partial charge in [0.25, 0.3) is 0 Å². The maximum atomic E-state index is 12.1. The summed E-state index contributed by atoms with van der Waals surface area (Å²) in [7, 11) is -4.11. The minimum absolute atomic E-state index is 0.183. The van der Waals surface area contributed by atoms with E-state index >= 15 is 0 Å². The van der Waals surface area contributed by atoms with Crippen molar-refractivity contribution in [3.63, 3.8) is 0 Å². The van der Waals surface area contributed by atoms with Gasteiger partial charge in [-0.3, -0.25) is 0 Å². The Morgan fingerprint density at radius 2 is 1.65 bits per heavy atom. The first kappa shape index (κ1) is 14.4. The van der Waals surface area contributed by atoms with Crippen LogP contribution in [0.15, 0.2) is 29.2 Å². The molecule has 1 aromatic rings. The van der Waals surface area contributed by atoms with Crippen molar-refractivity contribution >= 4 is 26.6 Å². The lowest BCUT2D eigenvalue weighted by atomic mass is 10.2. The summed E-state index contributed by atoms with van der Waals surface area (Å²) in [6, 6.07) is 6.79. The van der Waals surface area contributed by atoms with Gasteiger partial charge in [-0.15, -0.1) is 10.7 Å². The van der Waals surface area contributed by atoms with Gasteiger partial charge < -0.3 is 0 Å². The van der Waals surface area contributed by atoms with Crippen LogP contribution in [0.1, 0.15) is 26.3 Å². The van der Waals surface area contributed by atoms with Crippen LogP contribution in [-0.4, -0.2) is 19.0 Å². The first-order valence-electron chi connectivity index (χ1n) is 5.26. The van der Waals surface area contributed by atoms with Crippen LogP contribution >= 0.6 is 10.7 Å². The fourth-order valence-corrected chi connectivity index (χ4v) is 3.96. The van der Waals surface area contributed by atoms with Gasteiger partial charge in [0.15, 0.2) is 0 Å². The highest BCUT2D eigenvalue weighted by Gasteiger charge is 2.21. The van der Waals surface area contributed by atoms with Crippen LogP contribution in [0, 0.1) is 6.92 Å². The Kier molecular flexibility index (Phi) is 4.17. The molecule has 1 atom stereocenters. The highest BCUT2D eigenvalue weighted by atomic mass is 32.3. The Labute approximate surface area is 106 Å². The number of rotatable bonds is 3. The Balaban J connectivity index is 2.98. The van der Waals surface area contributed by atoms with Gasteiger partial charge in [-0.2, -0.15) is 4.13 Å². The molecule has 0 saturated carbocycles. The van der Waals surface area contributed by atoms with E-state index in [9.17, 15) is 8.42 Å². The maximum Gasteiger partial charge on any atom is 0.249 e. The van der Waals surface area contributed by atoms with Gasteiger partial charge in [0.1, 0.15) is 0 Å². The molecule has 17 heavy (non-hydrogen) atoms. The molecule has 0 heterocycles. The first-order valence-corrected chi connectivity index (χ1v) is 8.14. The molecule has 5 heteroatoms. The van der Waals surface area contributed by atoms with Gasteiger partial charge in [0.05, 0.1) is 4.90 Å². The summed E-state index contributed by atoms with van der Waals surface area (Å²) in [6.07, 6.45) is 0. The Hall–Kier alpha value is -0.650. The Bertz CT molecular complexity index is 510. The number of hydrogen-bond acceptors (Lipinski definition) is 2. The van der Waals surface area contributed by atoms with E-state index in [1.165, 1.54) is 0 Å². The van der Waals surface area contributed by atoms with Gasteiger partial charge in [0, 0.05) is 4.75 Å². The zero-order valence-electron chi connectivity index (χ0n) is 10.6. The number of hydrogen-bond donors (Lipinski definition) is 1. The number of aryl methyl sites for hydroxylation is 1. The lowest BCUT2D eigenvalue weighted by molar-refractivity contribution is 0.594. The molecule has 1 rings (SSSR count). The standard InChI is InChI=1S/C12H19NO2S2/c1-10-6-8-11(9-7-10)17(14,15)13-16(5)12(2,3)4/h6-9,13H,5H2,1-4H3. The van der Waals surface area contributed by atoms with Crippen molar-refractivity contribution in [2.24, 2.45) is 0 Å². The molecule has 1 N–H and O–H groups in total. The summed E-state index contributed by atoms with van der Waals surface area (Å²) in [5.41, 5.74) is 1.04. The summed E-state index contributed by atoms with van der Waals surface area (Å²) in [4.78, 5) is 0.286. The number of nitrogens with one attached hydrogen (secondary N) is 1. The van der Waals surface area contributed by atoms with Crippen LogP contribution in [0.5, 0.6) is 0 Å². The molecule has 3 nitrogen and oxygen atoms in total. The predicted octanol–water partition coefficient (Wildman–Crippen LogP) is 2.69. The van der Waals surface area contributed by atoms with Crippen LogP contribution in [-0.2, 0) is 10.0 Å². The van der Waals surface area contributed by atoms with E-state index in [2.05, 4.69) is 10.00 Å². The third-order valence-corrected chi connectivity index (χ3v) is 6.33. The smallest absolute Gasteiger partial charge is 0.206 e. The van der Waals surface area contributed by atoms with E-state index in [1.54, 1.807) is 24.3 Å². The Morgan fingerprint density at radius 1 is 1.18 bits per heavy atom. The second-order valence-electron chi connectivity index (χ2n) is 4.90. The van der Waals surface area contributed by atoms with Crippen LogP contribution in [0.3, 0.4) is 0 Å². The molecular formula is C12H19NO2S2.